The summed E-state index contributed by atoms with van der Waals surface area (Å²) in [6.07, 6.45) is 7.31. The van der Waals surface area contributed by atoms with Crippen molar-refractivity contribution in [1.82, 2.24) is 10.4 Å². The molecule has 1 amide bonds. The molecule has 6 heteroatoms. The minimum Gasteiger partial charge on any atom is -1.00 e. The lowest BCUT2D eigenvalue weighted by Crippen LogP contribution is -3.00. The highest BCUT2D eigenvalue weighted by Crippen LogP contribution is 2.15. The highest BCUT2D eigenvalue weighted by molar-refractivity contribution is 6.00. The molecular formula is C22H19ClN4O. The van der Waals surface area contributed by atoms with Gasteiger partial charge in [0, 0.05) is 40.4 Å². The van der Waals surface area contributed by atoms with Crippen LogP contribution in [0.5, 0.6) is 0 Å². The van der Waals surface area contributed by atoms with Crippen molar-refractivity contribution < 1.29 is 21.8 Å². The molecule has 0 aliphatic rings. The monoisotopic (exact) mass is 390 g/mol. The summed E-state index contributed by atoms with van der Waals surface area (Å²) in [6.45, 7) is 0.765. The second kappa shape index (κ2) is 8.97. The number of nitrogens with zero attached hydrogens (tertiary/aromatic N) is 2. The van der Waals surface area contributed by atoms with Crippen LogP contribution in [0.3, 0.4) is 0 Å². The quantitative estimate of drug-likeness (QED) is 0.287. The number of amides is 1. The van der Waals surface area contributed by atoms with E-state index in [0.29, 0.717) is 5.56 Å². The van der Waals surface area contributed by atoms with Crippen LogP contribution in [0.4, 0.5) is 0 Å². The summed E-state index contributed by atoms with van der Waals surface area (Å²) >= 11 is 0. The Labute approximate surface area is 169 Å². The molecule has 0 aliphatic carbocycles. The van der Waals surface area contributed by atoms with Crippen molar-refractivity contribution in [2.75, 3.05) is 0 Å². The van der Waals surface area contributed by atoms with Crippen molar-refractivity contribution in [3.63, 3.8) is 0 Å². The molecule has 0 saturated heterocycles. The van der Waals surface area contributed by atoms with E-state index in [1.165, 1.54) is 5.56 Å². The predicted octanol–water partition coefficient (Wildman–Crippen LogP) is 0.272. The third kappa shape index (κ3) is 4.45. The van der Waals surface area contributed by atoms with E-state index in [1.54, 1.807) is 18.3 Å². The number of H-pyrrole nitrogens is 1. The zero-order chi connectivity index (χ0) is 18.5. The molecule has 0 saturated carbocycles. The summed E-state index contributed by atoms with van der Waals surface area (Å²) in [4.78, 5) is 15.4. The van der Waals surface area contributed by atoms with Gasteiger partial charge in [-0.15, -0.1) is 0 Å². The van der Waals surface area contributed by atoms with E-state index in [1.807, 2.05) is 65.6 Å². The number of pyridine rings is 1. The number of nitrogens with one attached hydrogen (secondary N) is 2. The third-order valence-electron chi connectivity index (χ3n) is 4.35. The van der Waals surface area contributed by atoms with Gasteiger partial charge in [0.1, 0.15) is 0 Å². The maximum absolute atomic E-state index is 12.3. The first kappa shape index (κ1) is 19.3. The van der Waals surface area contributed by atoms with Crippen molar-refractivity contribution >= 4 is 23.0 Å². The Kier molecular flexibility index (Phi) is 6.19. The molecule has 2 heterocycles. The maximum Gasteiger partial charge on any atom is 0.271 e. The fourth-order valence-corrected chi connectivity index (χ4v) is 2.93. The number of aromatic nitrogens is 2. The van der Waals surface area contributed by atoms with Gasteiger partial charge in [-0.2, -0.15) is 5.10 Å². The standard InChI is InChI=1S/C22H18N4O.ClH/c27-22(25-24-15-19-14-23-21-9-5-4-8-20(19)21)18-10-12-26(13-11-18)16-17-6-2-1-3-7-17;/h1-15,27H,16H2;1H. The van der Waals surface area contributed by atoms with Crippen LogP contribution in [-0.2, 0) is 6.54 Å². The highest BCUT2D eigenvalue weighted by Gasteiger charge is 2.08. The zero-order valence-corrected chi connectivity index (χ0v) is 15.8. The first-order valence-electron chi connectivity index (χ1n) is 8.72. The second-order valence-corrected chi connectivity index (χ2v) is 6.23. The Morgan fingerprint density at radius 2 is 1.71 bits per heavy atom. The van der Waals surface area contributed by atoms with E-state index in [9.17, 15) is 4.79 Å². The summed E-state index contributed by atoms with van der Waals surface area (Å²) in [5, 5.41) is 5.15. The van der Waals surface area contributed by atoms with Crippen LogP contribution in [0.1, 0.15) is 21.5 Å². The molecule has 2 aromatic heterocycles. The van der Waals surface area contributed by atoms with Crippen molar-refractivity contribution in [3.05, 3.63) is 102 Å². The normalized spacial score (nSPS) is 10.7. The number of rotatable bonds is 5. The minimum absolute atomic E-state index is 0. The molecule has 0 spiro atoms. The molecule has 5 nitrogen and oxygen atoms in total. The van der Waals surface area contributed by atoms with E-state index in [2.05, 4.69) is 27.6 Å². The minimum atomic E-state index is -0.238. The first-order valence-corrected chi connectivity index (χ1v) is 8.72. The fourth-order valence-electron chi connectivity index (χ4n) is 2.93. The SMILES string of the molecule is O=C(N/N=C/c1c[nH]c2ccccc12)c1cc[n+](Cc2ccccc2)cc1.[Cl-]. The van der Waals surface area contributed by atoms with Gasteiger partial charge in [0.15, 0.2) is 18.9 Å². The van der Waals surface area contributed by atoms with Crippen LogP contribution >= 0.6 is 0 Å². The number of hydrogen-bond donors (Lipinski definition) is 2. The number of aromatic amines is 1. The van der Waals surface area contributed by atoms with E-state index < -0.39 is 0 Å². The Hall–Kier alpha value is -3.44. The van der Waals surface area contributed by atoms with Gasteiger partial charge in [-0.05, 0) is 6.07 Å². The summed E-state index contributed by atoms with van der Waals surface area (Å²) in [5.41, 5.74) is 6.32. The van der Waals surface area contributed by atoms with Crippen LogP contribution in [0.25, 0.3) is 10.9 Å². The molecule has 28 heavy (non-hydrogen) atoms. The summed E-state index contributed by atoms with van der Waals surface area (Å²) < 4.78 is 2.03. The number of hydrazone groups is 1. The number of benzene rings is 2. The maximum atomic E-state index is 12.3. The number of hydrogen-bond acceptors (Lipinski definition) is 2. The number of fused-ring (bicyclic) bond motifs is 1. The largest absolute Gasteiger partial charge is 1.00 e. The average Bonchev–Trinajstić information content (AvgIpc) is 3.12. The van der Waals surface area contributed by atoms with Gasteiger partial charge < -0.3 is 17.4 Å². The molecule has 0 atom stereocenters. The Balaban J connectivity index is 0.00000225. The van der Waals surface area contributed by atoms with Gasteiger partial charge in [0.2, 0.25) is 0 Å². The van der Waals surface area contributed by atoms with E-state index in [4.69, 9.17) is 0 Å². The number of para-hydroxylation sites is 1. The summed E-state index contributed by atoms with van der Waals surface area (Å²) in [6, 6.07) is 21.7. The predicted molar refractivity (Wildman–Crippen MR) is 106 cm³/mol. The molecule has 140 valence electrons. The lowest BCUT2D eigenvalue weighted by atomic mass is 10.2. The van der Waals surface area contributed by atoms with Crippen molar-refractivity contribution in [2.24, 2.45) is 5.10 Å². The molecule has 0 fully saturated rings. The third-order valence-corrected chi connectivity index (χ3v) is 4.35. The van der Waals surface area contributed by atoms with Gasteiger partial charge in [-0.25, -0.2) is 9.99 Å². The molecule has 0 radical (unpaired) electrons. The van der Waals surface area contributed by atoms with E-state index in [-0.39, 0.29) is 18.3 Å². The Morgan fingerprint density at radius 3 is 2.50 bits per heavy atom. The molecule has 0 bridgehead atoms. The van der Waals surface area contributed by atoms with Gasteiger partial charge in [0.25, 0.3) is 5.91 Å². The topological polar surface area (TPSA) is 61.1 Å². The molecule has 2 aromatic carbocycles. The van der Waals surface area contributed by atoms with Crippen molar-refractivity contribution in [3.8, 4) is 0 Å². The number of carbonyl (C=O) groups excluding carboxylic acids is 1. The number of halogens is 1. The molecule has 2 N–H and O–H groups in total. The Bertz CT molecular complexity index is 1090. The van der Waals surface area contributed by atoms with Crippen LogP contribution < -0.4 is 22.4 Å². The molecule has 4 rings (SSSR count). The van der Waals surface area contributed by atoms with Crippen LogP contribution in [0, 0.1) is 0 Å². The molecule has 4 aromatic rings. The summed E-state index contributed by atoms with van der Waals surface area (Å²) in [7, 11) is 0. The molecule has 0 unspecified atom stereocenters. The van der Waals surface area contributed by atoms with Gasteiger partial charge in [-0.3, -0.25) is 4.79 Å². The van der Waals surface area contributed by atoms with E-state index in [0.717, 1.165) is 23.0 Å². The molecular weight excluding hydrogens is 372 g/mol. The van der Waals surface area contributed by atoms with E-state index >= 15 is 0 Å². The second-order valence-electron chi connectivity index (χ2n) is 6.23. The highest BCUT2D eigenvalue weighted by atomic mass is 35.5. The smallest absolute Gasteiger partial charge is 0.271 e. The van der Waals surface area contributed by atoms with Crippen LogP contribution in [0.15, 0.2) is 90.4 Å². The van der Waals surface area contributed by atoms with Crippen LogP contribution in [-0.4, -0.2) is 17.1 Å². The molecule has 0 aliphatic heterocycles. The average molecular weight is 391 g/mol. The number of carbonyl (C=O) groups is 1. The van der Waals surface area contributed by atoms with Crippen LogP contribution in [0.2, 0.25) is 0 Å². The van der Waals surface area contributed by atoms with Gasteiger partial charge in [-0.1, -0.05) is 48.5 Å². The first-order chi connectivity index (χ1) is 13.3. The van der Waals surface area contributed by atoms with Crippen molar-refractivity contribution in [1.29, 1.82) is 0 Å². The van der Waals surface area contributed by atoms with Gasteiger partial charge in [0.05, 0.1) is 11.8 Å². The Morgan fingerprint density at radius 1 is 1.00 bits per heavy atom. The van der Waals surface area contributed by atoms with Gasteiger partial charge >= 0.3 is 0 Å². The zero-order valence-electron chi connectivity index (χ0n) is 15.0. The fraction of sp³-hybridized carbons (Fsp3) is 0.0455. The van der Waals surface area contributed by atoms with Crippen molar-refractivity contribution in [2.45, 2.75) is 6.54 Å². The summed E-state index contributed by atoms with van der Waals surface area (Å²) in [5.74, 6) is -0.238. The lowest BCUT2D eigenvalue weighted by Gasteiger charge is -2.00. The lowest BCUT2D eigenvalue weighted by molar-refractivity contribution is -0.688.